The number of benzene rings is 1. The Morgan fingerprint density at radius 2 is 2.00 bits per heavy atom. The van der Waals surface area contributed by atoms with E-state index in [1.807, 2.05) is 30.3 Å². The molecular formula is C20H26N4O4. The third-order valence-electron chi connectivity index (χ3n) is 4.60. The third-order valence-corrected chi connectivity index (χ3v) is 4.60. The molecule has 1 saturated heterocycles. The standard InChI is InChI=1S/C20H26N4O4/c1-2-27-20(26)24-12-9-16(10-13-24)23-19(25)21-11-8-17-14-28-18(22-17)15-6-4-3-5-7-15/h3-7,14,16H,2,8-13H2,1H3,(H2,21,23,25). The Morgan fingerprint density at radius 3 is 2.71 bits per heavy atom. The SMILES string of the molecule is CCOC(=O)N1CCC(NC(=O)NCCc2coc(-c3ccccc3)n2)CC1. The van der Waals surface area contributed by atoms with Crippen LogP contribution in [0.1, 0.15) is 25.5 Å². The lowest BCUT2D eigenvalue weighted by molar-refractivity contribution is 0.0957. The van der Waals surface area contributed by atoms with Crippen LogP contribution in [0.5, 0.6) is 0 Å². The van der Waals surface area contributed by atoms with Crippen molar-refractivity contribution in [3.8, 4) is 11.5 Å². The van der Waals surface area contributed by atoms with Crippen LogP contribution in [0.4, 0.5) is 9.59 Å². The van der Waals surface area contributed by atoms with Gasteiger partial charge < -0.3 is 24.7 Å². The lowest BCUT2D eigenvalue weighted by atomic mass is 10.1. The fraction of sp³-hybridized carbons (Fsp3) is 0.450. The van der Waals surface area contributed by atoms with E-state index < -0.39 is 0 Å². The number of carbonyl (C=O) groups is 2. The molecule has 3 amide bonds. The van der Waals surface area contributed by atoms with Crippen LogP contribution in [-0.2, 0) is 11.2 Å². The maximum atomic E-state index is 12.1. The van der Waals surface area contributed by atoms with Crippen molar-refractivity contribution < 1.29 is 18.7 Å². The van der Waals surface area contributed by atoms with E-state index >= 15 is 0 Å². The molecule has 1 aromatic heterocycles. The first-order valence-corrected chi connectivity index (χ1v) is 9.61. The highest BCUT2D eigenvalue weighted by molar-refractivity contribution is 5.74. The van der Waals surface area contributed by atoms with Gasteiger partial charge in [0.25, 0.3) is 0 Å². The van der Waals surface area contributed by atoms with Crippen LogP contribution in [0.2, 0.25) is 0 Å². The molecule has 0 unspecified atom stereocenters. The van der Waals surface area contributed by atoms with Crippen molar-refractivity contribution in [2.75, 3.05) is 26.2 Å². The molecule has 3 rings (SSSR count). The molecule has 1 fully saturated rings. The van der Waals surface area contributed by atoms with Gasteiger partial charge in [-0.25, -0.2) is 14.6 Å². The molecule has 2 N–H and O–H groups in total. The minimum absolute atomic E-state index is 0.0578. The van der Waals surface area contributed by atoms with Crippen molar-refractivity contribution >= 4 is 12.1 Å². The van der Waals surface area contributed by atoms with Crippen LogP contribution >= 0.6 is 0 Å². The van der Waals surface area contributed by atoms with E-state index in [1.54, 1.807) is 18.1 Å². The Labute approximate surface area is 164 Å². The Kier molecular flexibility index (Phi) is 6.89. The average Bonchev–Trinajstić information content (AvgIpc) is 3.18. The molecule has 0 atom stereocenters. The van der Waals surface area contributed by atoms with Crippen LogP contribution in [0.3, 0.4) is 0 Å². The first-order chi connectivity index (χ1) is 13.7. The molecule has 8 heteroatoms. The summed E-state index contributed by atoms with van der Waals surface area (Å²) < 4.78 is 10.5. The van der Waals surface area contributed by atoms with Gasteiger partial charge in [0.15, 0.2) is 0 Å². The fourth-order valence-corrected chi connectivity index (χ4v) is 3.10. The van der Waals surface area contributed by atoms with Gasteiger partial charge in [-0.3, -0.25) is 0 Å². The number of nitrogens with one attached hydrogen (secondary N) is 2. The molecule has 0 radical (unpaired) electrons. The molecule has 150 valence electrons. The fourth-order valence-electron chi connectivity index (χ4n) is 3.10. The van der Waals surface area contributed by atoms with Gasteiger partial charge in [0, 0.05) is 37.7 Å². The molecule has 0 aliphatic carbocycles. The molecule has 1 aliphatic heterocycles. The minimum Gasteiger partial charge on any atom is -0.450 e. The molecule has 2 heterocycles. The number of hydrogen-bond acceptors (Lipinski definition) is 5. The van der Waals surface area contributed by atoms with E-state index in [2.05, 4.69) is 15.6 Å². The van der Waals surface area contributed by atoms with Gasteiger partial charge in [-0.15, -0.1) is 0 Å². The number of piperidine rings is 1. The quantitative estimate of drug-likeness (QED) is 0.796. The van der Waals surface area contributed by atoms with E-state index in [0.29, 0.717) is 38.6 Å². The summed E-state index contributed by atoms with van der Waals surface area (Å²) in [6.45, 7) is 3.81. The molecule has 1 aliphatic rings. The van der Waals surface area contributed by atoms with Crippen molar-refractivity contribution in [2.45, 2.75) is 32.2 Å². The molecule has 28 heavy (non-hydrogen) atoms. The summed E-state index contributed by atoms with van der Waals surface area (Å²) in [4.78, 5) is 29.9. The predicted octanol–water partition coefficient (Wildman–Crippen LogP) is 2.80. The van der Waals surface area contributed by atoms with Crippen LogP contribution in [0.15, 0.2) is 41.0 Å². The summed E-state index contributed by atoms with van der Waals surface area (Å²) >= 11 is 0. The number of hydrogen-bond donors (Lipinski definition) is 2. The lowest BCUT2D eigenvalue weighted by Crippen LogP contribution is -2.49. The first-order valence-electron chi connectivity index (χ1n) is 9.61. The van der Waals surface area contributed by atoms with E-state index in [1.165, 1.54) is 0 Å². The molecule has 2 aromatic rings. The Hall–Kier alpha value is -3.03. The lowest BCUT2D eigenvalue weighted by Gasteiger charge is -2.31. The van der Waals surface area contributed by atoms with Gasteiger partial charge in [0.05, 0.1) is 12.3 Å². The van der Waals surface area contributed by atoms with Gasteiger partial charge in [-0.1, -0.05) is 18.2 Å². The summed E-state index contributed by atoms with van der Waals surface area (Å²) in [5.41, 5.74) is 1.72. The van der Waals surface area contributed by atoms with Crippen molar-refractivity contribution in [1.29, 1.82) is 0 Å². The van der Waals surface area contributed by atoms with Gasteiger partial charge >= 0.3 is 12.1 Å². The maximum absolute atomic E-state index is 12.1. The summed E-state index contributed by atoms with van der Waals surface area (Å²) in [5.74, 6) is 0.577. The number of oxazole rings is 1. The van der Waals surface area contributed by atoms with Crippen molar-refractivity contribution in [1.82, 2.24) is 20.5 Å². The van der Waals surface area contributed by atoms with Gasteiger partial charge in [-0.05, 0) is 31.9 Å². The highest BCUT2D eigenvalue weighted by atomic mass is 16.6. The van der Waals surface area contributed by atoms with E-state index in [9.17, 15) is 9.59 Å². The summed E-state index contributed by atoms with van der Waals surface area (Å²) in [6.07, 6.45) is 3.36. The smallest absolute Gasteiger partial charge is 0.409 e. The van der Waals surface area contributed by atoms with E-state index in [-0.39, 0.29) is 18.2 Å². The molecular weight excluding hydrogens is 360 g/mol. The molecule has 0 saturated carbocycles. The summed E-state index contributed by atoms with van der Waals surface area (Å²) in [5, 5.41) is 5.80. The number of nitrogens with zero attached hydrogens (tertiary/aromatic N) is 2. The molecule has 1 aromatic carbocycles. The number of aromatic nitrogens is 1. The molecule has 8 nitrogen and oxygen atoms in total. The zero-order chi connectivity index (χ0) is 19.8. The number of ether oxygens (including phenoxy) is 1. The second-order valence-electron chi connectivity index (χ2n) is 6.62. The third kappa shape index (κ3) is 5.48. The Bertz CT molecular complexity index is 770. The van der Waals surface area contributed by atoms with E-state index in [4.69, 9.17) is 9.15 Å². The largest absolute Gasteiger partial charge is 0.450 e. The number of carbonyl (C=O) groups excluding carboxylic acids is 2. The average molecular weight is 386 g/mol. The molecule has 0 bridgehead atoms. The Morgan fingerprint density at radius 1 is 1.25 bits per heavy atom. The van der Waals surface area contributed by atoms with Crippen LogP contribution in [0.25, 0.3) is 11.5 Å². The van der Waals surface area contributed by atoms with Crippen molar-refractivity contribution in [2.24, 2.45) is 0 Å². The normalized spacial score (nSPS) is 14.5. The van der Waals surface area contributed by atoms with Crippen molar-refractivity contribution in [3.63, 3.8) is 0 Å². The number of likely N-dealkylation sites (tertiary alicyclic amines) is 1. The maximum Gasteiger partial charge on any atom is 0.409 e. The highest BCUT2D eigenvalue weighted by Crippen LogP contribution is 2.18. The Balaban J connectivity index is 1.35. The second kappa shape index (κ2) is 9.77. The number of urea groups is 1. The monoisotopic (exact) mass is 386 g/mol. The topological polar surface area (TPSA) is 96.7 Å². The predicted molar refractivity (Wildman–Crippen MR) is 104 cm³/mol. The van der Waals surface area contributed by atoms with Gasteiger partial charge in [0.2, 0.25) is 5.89 Å². The number of amides is 3. The van der Waals surface area contributed by atoms with Gasteiger partial charge in [-0.2, -0.15) is 0 Å². The van der Waals surface area contributed by atoms with E-state index in [0.717, 1.165) is 24.1 Å². The summed E-state index contributed by atoms with van der Waals surface area (Å²) in [7, 11) is 0. The number of rotatable bonds is 6. The van der Waals surface area contributed by atoms with Gasteiger partial charge in [0.1, 0.15) is 6.26 Å². The summed E-state index contributed by atoms with van der Waals surface area (Å²) in [6, 6.07) is 9.54. The zero-order valence-corrected chi connectivity index (χ0v) is 16.0. The highest BCUT2D eigenvalue weighted by Gasteiger charge is 2.24. The molecule has 0 spiro atoms. The minimum atomic E-state index is -0.284. The van der Waals surface area contributed by atoms with Crippen LogP contribution < -0.4 is 10.6 Å². The van der Waals surface area contributed by atoms with Crippen LogP contribution in [0, 0.1) is 0 Å². The zero-order valence-electron chi connectivity index (χ0n) is 16.0. The second-order valence-corrected chi connectivity index (χ2v) is 6.62. The first kappa shape index (κ1) is 19.7. The van der Waals surface area contributed by atoms with Crippen LogP contribution in [-0.4, -0.2) is 54.3 Å². The van der Waals surface area contributed by atoms with Crippen molar-refractivity contribution in [3.05, 3.63) is 42.3 Å².